The number of hydrogen-bond donors (Lipinski definition) is 2. The summed E-state index contributed by atoms with van der Waals surface area (Å²) in [5.41, 5.74) is 0.0614. The number of fused-ring (bicyclic) bond motifs is 3. The third-order valence-electron chi connectivity index (χ3n) is 11.8. The fourth-order valence-electron chi connectivity index (χ4n) is 7.80. The fourth-order valence-corrected chi connectivity index (χ4v) is 8.26. The van der Waals surface area contributed by atoms with Gasteiger partial charge < -0.3 is 34.0 Å². The molecule has 0 atom stereocenters. The van der Waals surface area contributed by atoms with Crippen molar-refractivity contribution in [1.29, 1.82) is 0 Å². The molecule has 0 aliphatic rings. The van der Waals surface area contributed by atoms with Crippen LogP contribution in [0.1, 0.15) is 39.3 Å². The molecule has 0 fully saturated rings. The average Bonchev–Trinajstić information content (AvgIpc) is 3.55. The van der Waals surface area contributed by atoms with Gasteiger partial charge in [-0.05, 0) is 55.2 Å². The van der Waals surface area contributed by atoms with Crippen LogP contribution in [0.4, 0.5) is 24.5 Å². The molecule has 412 valence electrons. The SMILES string of the molecule is Cc1ncnc2c1c(NCc1ccc(N(C)C)cc1)cc(=O)n2OCc1ccccc1.Cc1ncnc2c1c(O)cc(=O)n2OCc1ccccc1.Cc1ncnc2c1c(OS(=O)(=O)C(F)(F)F)cc(=O)n2OCc1ccccc1. The van der Waals surface area contributed by atoms with Crippen molar-refractivity contribution in [2.45, 2.75) is 52.6 Å². The number of nitrogens with one attached hydrogen (secondary N) is 1. The summed E-state index contributed by atoms with van der Waals surface area (Å²) < 4.78 is 67.9. The summed E-state index contributed by atoms with van der Waals surface area (Å²) in [5, 5.41) is 14.2. The zero-order valence-electron chi connectivity index (χ0n) is 43.4. The molecule has 0 radical (unpaired) electrons. The fraction of sp³-hybridized carbons (Fsp3) is 0.182. The summed E-state index contributed by atoms with van der Waals surface area (Å²) in [5.74, 6) is -0.984. The Morgan fingerprint density at radius 2 is 0.938 bits per heavy atom. The van der Waals surface area contributed by atoms with Crippen molar-refractivity contribution in [3.05, 3.63) is 223 Å². The van der Waals surface area contributed by atoms with E-state index in [1.54, 1.807) is 37.3 Å². The molecule has 0 aliphatic carbocycles. The van der Waals surface area contributed by atoms with Crippen LogP contribution in [0.2, 0.25) is 0 Å². The summed E-state index contributed by atoms with van der Waals surface area (Å²) in [6.07, 6.45) is 3.84. The molecule has 6 heterocycles. The molecule has 25 heteroatoms. The van der Waals surface area contributed by atoms with Gasteiger partial charge in [-0.3, -0.25) is 14.4 Å². The maximum absolute atomic E-state index is 12.8. The first-order valence-corrected chi connectivity index (χ1v) is 25.5. The van der Waals surface area contributed by atoms with Gasteiger partial charge in [0.1, 0.15) is 44.6 Å². The van der Waals surface area contributed by atoms with E-state index in [1.807, 2.05) is 81.7 Å². The maximum atomic E-state index is 12.8. The van der Waals surface area contributed by atoms with Crippen molar-refractivity contribution in [2.24, 2.45) is 0 Å². The highest BCUT2D eigenvalue weighted by Crippen LogP contribution is 2.31. The Kier molecular flexibility index (Phi) is 17.3. The van der Waals surface area contributed by atoms with Crippen molar-refractivity contribution >= 4 is 54.6 Å². The van der Waals surface area contributed by atoms with Crippen LogP contribution in [0.5, 0.6) is 11.5 Å². The summed E-state index contributed by atoms with van der Waals surface area (Å²) in [6.45, 7) is 6.05. The lowest BCUT2D eigenvalue weighted by atomic mass is 10.1. The number of alkyl halides is 3. The molecule has 0 saturated carbocycles. The highest BCUT2D eigenvalue weighted by molar-refractivity contribution is 7.88. The topological polar surface area (TPSA) is 250 Å². The van der Waals surface area contributed by atoms with E-state index >= 15 is 0 Å². The number of aromatic nitrogens is 9. The van der Waals surface area contributed by atoms with Crippen molar-refractivity contribution in [3.8, 4) is 11.5 Å². The molecule has 10 aromatic rings. The van der Waals surface area contributed by atoms with Gasteiger partial charge in [0.15, 0.2) is 22.7 Å². The van der Waals surface area contributed by atoms with Gasteiger partial charge in [-0.1, -0.05) is 103 Å². The van der Waals surface area contributed by atoms with E-state index in [9.17, 15) is 41.1 Å². The first kappa shape index (κ1) is 56.3. The number of nitrogens with zero attached hydrogens (tertiary/aromatic N) is 10. The minimum Gasteiger partial charge on any atom is -0.507 e. The zero-order valence-corrected chi connectivity index (χ0v) is 44.2. The second kappa shape index (κ2) is 24.6. The van der Waals surface area contributed by atoms with Crippen molar-refractivity contribution in [2.75, 3.05) is 24.3 Å². The van der Waals surface area contributed by atoms with Gasteiger partial charge in [-0.15, -0.1) is 14.2 Å². The van der Waals surface area contributed by atoms with Crippen LogP contribution >= 0.6 is 0 Å². The number of aromatic hydroxyl groups is 1. The Morgan fingerprint density at radius 1 is 0.537 bits per heavy atom. The lowest BCUT2D eigenvalue weighted by molar-refractivity contribution is -0.0499. The van der Waals surface area contributed by atoms with Gasteiger partial charge in [-0.2, -0.15) is 21.6 Å². The molecule has 80 heavy (non-hydrogen) atoms. The van der Waals surface area contributed by atoms with Crippen LogP contribution in [0, 0.1) is 20.8 Å². The van der Waals surface area contributed by atoms with E-state index in [1.165, 1.54) is 30.4 Å². The Morgan fingerprint density at radius 3 is 1.39 bits per heavy atom. The lowest BCUT2D eigenvalue weighted by Gasteiger charge is -2.16. The van der Waals surface area contributed by atoms with Gasteiger partial charge >= 0.3 is 15.6 Å². The molecule has 10 rings (SSSR count). The third-order valence-corrected chi connectivity index (χ3v) is 12.8. The predicted molar refractivity (Wildman–Crippen MR) is 291 cm³/mol. The molecule has 0 saturated heterocycles. The number of pyridine rings is 3. The molecule has 4 aromatic carbocycles. The zero-order chi connectivity index (χ0) is 57.1. The highest BCUT2D eigenvalue weighted by atomic mass is 32.2. The summed E-state index contributed by atoms with van der Waals surface area (Å²) >= 11 is 0. The smallest absolute Gasteiger partial charge is 0.507 e. The number of halogens is 3. The molecule has 2 N–H and O–H groups in total. The van der Waals surface area contributed by atoms with E-state index in [-0.39, 0.29) is 53.5 Å². The molecule has 0 amide bonds. The molecule has 0 bridgehead atoms. The number of rotatable bonds is 15. The minimum absolute atomic E-state index is 0.0417. The Labute approximate surface area is 453 Å². The van der Waals surface area contributed by atoms with Gasteiger partial charge in [0.2, 0.25) is 0 Å². The lowest BCUT2D eigenvalue weighted by Crippen LogP contribution is -2.31. The van der Waals surface area contributed by atoms with E-state index in [0.29, 0.717) is 40.6 Å². The quantitative estimate of drug-likeness (QED) is 0.0791. The molecule has 0 aliphatic heterocycles. The largest absolute Gasteiger partial charge is 0.534 e. The number of benzene rings is 4. The number of anilines is 2. The van der Waals surface area contributed by atoms with Gasteiger partial charge in [0.05, 0.1) is 45.0 Å². The van der Waals surface area contributed by atoms with E-state index in [4.69, 9.17) is 14.5 Å². The average molecular weight is 1110 g/mol. The molecular formula is C55H50F3N11O10S. The van der Waals surface area contributed by atoms with Crippen molar-refractivity contribution < 1.29 is 45.4 Å². The van der Waals surface area contributed by atoms with Crippen LogP contribution in [0.3, 0.4) is 0 Å². The molecular weight excluding hydrogens is 1060 g/mol. The summed E-state index contributed by atoms with van der Waals surface area (Å²) in [4.78, 5) is 80.4. The van der Waals surface area contributed by atoms with Crippen LogP contribution in [-0.4, -0.2) is 77.2 Å². The number of hydrogen-bond acceptors (Lipinski definition) is 18. The molecule has 21 nitrogen and oxygen atoms in total. The van der Waals surface area contributed by atoms with Crippen molar-refractivity contribution in [1.82, 2.24) is 44.1 Å². The van der Waals surface area contributed by atoms with Crippen LogP contribution in [-0.2, 0) is 36.5 Å². The van der Waals surface area contributed by atoms with Crippen molar-refractivity contribution in [3.63, 3.8) is 0 Å². The maximum Gasteiger partial charge on any atom is 0.534 e. The Balaban J connectivity index is 0.000000161. The van der Waals surface area contributed by atoms with Gasteiger partial charge in [-0.25, -0.2) is 29.9 Å². The summed E-state index contributed by atoms with van der Waals surface area (Å²) in [7, 11) is -1.97. The van der Waals surface area contributed by atoms with E-state index in [2.05, 4.69) is 68.6 Å². The standard InChI is InChI=1S/C24H25N5O2.C16H12F3N3O5S.C15H13N3O3/c1-17-23-21(25-14-18-9-11-20(12-10-18)28(2)3)13-22(30)29(24(23)27-16-26-17)31-15-19-7-5-4-6-8-19;1-10-14-12(27-28(24,25)16(17,18)19)7-13(23)22(15(14)21-9-20-10)26-8-11-5-3-2-4-6-11;1-10-14-12(19)7-13(20)18(15(14)17-9-16-10)21-8-11-5-3-2-4-6-11/h4-13,16,25H,14-15H2,1-3H3;2-7,9H,8H2,1H3;2-7,9,19H,8H2,1H3. The second-order valence-corrected chi connectivity index (χ2v) is 19.2. The molecule has 0 unspecified atom stereocenters. The van der Waals surface area contributed by atoms with E-state index < -0.39 is 32.5 Å². The van der Waals surface area contributed by atoms with Gasteiger partial charge in [0, 0.05) is 38.5 Å². The van der Waals surface area contributed by atoms with Crippen LogP contribution in [0.15, 0.2) is 167 Å². The van der Waals surface area contributed by atoms with Crippen LogP contribution < -0.4 is 45.6 Å². The van der Waals surface area contributed by atoms with Crippen LogP contribution in [0.25, 0.3) is 33.1 Å². The molecule has 0 spiro atoms. The monoisotopic (exact) mass is 1110 g/mol. The number of aryl methyl sites for hydroxylation is 3. The third kappa shape index (κ3) is 13.2. The predicted octanol–water partition coefficient (Wildman–Crippen LogP) is 6.80. The van der Waals surface area contributed by atoms with E-state index in [0.717, 1.165) is 55.3 Å². The molecule has 6 aromatic heterocycles. The summed E-state index contributed by atoms with van der Waals surface area (Å²) in [6, 6.07) is 39.4. The first-order chi connectivity index (χ1) is 38.3. The first-order valence-electron chi connectivity index (χ1n) is 24.1. The second-order valence-electron chi connectivity index (χ2n) is 17.6. The normalized spacial score (nSPS) is 11.2. The highest BCUT2D eigenvalue weighted by Gasteiger charge is 2.49. The Bertz CT molecular complexity index is 4100. The Hall–Kier alpha value is -9.91. The van der Waals surface area contributed by atoms with Gasteiger partial charge in [0.25, 0.3) is 16.7 Å². The minimum atomic E-state index is -5.99.